The van der Waals surface area contributed by atoms with Crippen LogP contribution >= 0.6 is 0 Å². The van der Waals surface area contributed by atoms with Crippen LogP contribution in [0.15, 0.2) is 0 Å². The Balaban J connectivity index is 4.47. The summed E-state index contributed by atoms with van der Waals surface area (Å²) < 4.78 is 4.31. The van der Waals surface area contributed by atoms with Gasteiger partial charge in [0.1, 0.15) is 18.6 Å². The number of hydrogen-bond donors (Lipinski definition) is 5. The van der Waals surface area contributed by atoms with Gasteiger partial charge in [-0.15, -0.1) is 0 Å². The number of hydrogen-bond acceptors (Lipinski definition) is 7. The molecule has 0 rings (SSSR count). The Morgan fingerprint density at radius 1 is 1.11 bits per heavy atom. The lowest BCUT2D eigenvalue weighted by molar-refractivity contribution is -0.168. The Kier molecular flexibility index (Phi) is 6.86. The van der Waals surface area contributed by atoms with Crippen molar-refractivity contribution in [2.45, 2.75) is 18.6 Å². The van der Waals surface area contributed by atoms with Gasteiger partial charge in [-0.3, -0.25) is 9.59 Å². The van der Waals surface area contributed by atoms with Gasteiger partial charge in [0.2, 0.25) is 0 Å². The van der Waals surface area contributed by atoms with Gasteiger partial charge in [-0.1, -0.05) is 0 Å². The van der Waals surface area contributed by atoms with E-state index in [-0.39, 0.29) is 0 Å². The highest BCUT2D eigenvalue weighted by atomic mass is 16.6. The van der Waals surface area contributed by atoms with E-state index in [4.69, 9.17) is 20.4 Å². The van der Waals surface area contributed by atoms with Gasteiger partial charge in [0.05, 0.1) is 13.0 Å². The van der Waals surface area contributed by atoms with Crippen molar-refractivity contribution in [3.63, 3.8) is 0 Å². The summed E-state index contributed by atoms with van der Waals surface area (Å²) in [6, 6.07) is 0. The molecule has 0 aromatic carbocycles. The van der Waals surface area contributed by atoms with E-state index in [0.717, 1.165) is 0 Å². The Hall–Kier alpha value is -1.71. The molecule has 9 heteroatoms. The van der Waals surface area contributed by atoms with Crippen LogP contribution in [-0.2, 0) is 19.1 Å². The minimum Gasteiger partial charge on any atom is -0.481 e. The maximum atomic E-state index is 11.2. The fraction of sp³-hybridized carbons (Fsp3) is 0.667. The number of ether oxygens (including phenoxy) is 1. The van der Waals surface area contributed by atoms with Crippen molar-refractivity contribution in [3.8, 4) is 0 Å². The molecule has 5 N–H and O–H groups in total. The molecule has 0 aliphatic carbocycles. The van der Waals surface area contributed by atoms with Crippen LogP contribution in [0, 0.1) is 5.92 Å². The third-order valence-corrected chi connectivity index (χ3v) is 1.96. The van der Waals surface area contributed by atoms with E-state index in [9.17, 15) is 19.5 Å². The van der Waals surface area contributed by atoms with Crippen LogP contribution in [0.4, 0.5) is 0 Å². The zero-order chi connectivity index (χ0) is 14.3. The van der Waals surface area contributed by atoms with Crippen LogP contribution in [0.25, 0.3) is 0 Å². The molecule has 0 aliphatic heterocycles. The molecule has 0 radical (unpaired) electrons. The smallest absolute Gasteiger partial charge is 0.335 e. The van der Waals surface area contributed by atoms with E-state index in [0.29, 0.717) is 0 Å². The Morgan fingerprint density at radius 2 is 1.67 bits per heavy atom. The lowest BCUT2D eigenvalue weighted by Crippen LogP contribution is -2.38. The molecule has 0 fully saturated rings. The highest BCUT2D eigenvalue weighted by Gasteiger charge is 2.35. The van der Waals surface area contributed by atoms with Crippen LogP contribution in [0.2, 0.25) is 0 Å². The molecule has 0 saturated carbocycles. The van der Waals surface area contributed by atoms with E-state index < -0.39 is 55.7 Å². The first-order valence-electron chi connectivity index (χ1n) is 4.87. The molecule has 0 spiro atoms. The molecule has 0 aromatic rings. The molecule has 0 saturated heterocycles. The number of rotatable bonds is 8. The van der Waals surface area contributed by atoms with Crippen molar-refractivity contribution in [3.05, 3.63) is 0 Å². The summed E-state index contributed by atoms with van der Waals surface area (Å²) in [4.78, 5) is 32.2. The quantitative estimate of drug-likeness (QED) is 0.297. The van der Waals surface area contributed by atoms with E-state index in [1.54, 1.807) is 0 Å². The highest BCUT2D eigenvalue weighted by Crippen LogP contribution is 2.11. The predicted molar refractivity (Wildman–Crippen MR) is 53.4 cm³/mol. The van der Waals surface area contributed by atoms with E-state index in [1.165, 1.54) is 0 Å². The molecule has 0 aromatic heterocycles. The molecule has 3 atom stereocenters. The summed E-state index contributed by atoms with van der Waals surface area (Å²) >= 11 is 0. The molecular weight excluding hydrogens is 252 g/mol. The standard InChI is InChI=1S/C9H14O9/c10-2-4(11)3-18-9(17)7(14)5(8(15)16)1-6(12)13/h4-5,7,10-11,14H,1-3H2,(H,12,13)(H,15,16). The second-order valence-electron chi connectivity index (χ2n) is 3.45. The molecule has 9 nitrogen and oxygen atoms in total. The molecule has 104 valence electrons. The number of carboxylic acids is 2. The number of carbonyl (C=O) groups excluding carboxylic acids is 1. The summed E-state index contributed by atoms with van der Waals surface area (Å²) in [6.07, 6.45) is -4.47. The molecule has 0 amide bonds. The molecule has 0 bridgehead atoms. The van der Waals surface area contributed by atoms with Crippen molar-refractivity contribution in [1.29, 1.82) is 0 Å². The summed E-state index contributed by atoms with van der Waals surface area (Å²) in [6.45, 7) is -1.31. The fourth-order valence-electron chi connectivity index (χ4n) is 1.00. The average Bonchev–Trinajstić information content (AvgIpc) is 2.30. The normalized spacial score (nSPS) is 15.5. The van der Waals surface area contributed by atoms with Crippen LogP contribution in [0.5, 0.6) is 0 Å². The third-order valence-electron chi connectivity index (χ3n) is 1.96. The van der Waals surface area contributed by atoms with Crippen molar-refractivity contribution in [2.75, 3.05) is 13.2 Å². The van der Waals surface area contributed by atoms with Crippen LogP contribution in [0.3, 0.4) is 0 Å². The highest BCUT2D eigenvalue weighted by molar-refractivity contribution is 5.85. The lowest BCUT2D eigenvalue weighted by Gasteiger charge is -2.17. The van der Waals surface area contributed by atoms with Crippen LogP contribution < -0.4 is 0 Å². The van der Waals surface area contributed by atoms with Gasteiger partial charge in [0.15, 0.2) is 6.10 Å². The maximum absolute atomic E-state index is 11.2. The minimum absolute atomic E-state index is 0.633. The summed E-state index contributed by atoms with van der Waals surface area (Å²) in [5.41, 5.74) is 0. The minimum atomic E-state index is -2.16. The topological polar surface area (TPSA) is 162 Å². The number of aliphatic hydroxyl groups is 3. The van der Waals surface area contributed by atoms with Gasteiger partial charge in [-0.25, -0.2) is 4.79 Å². The van der Waals surface area contributed by atoms with Crippen molar-refractivity contribution < 1.29 is 44.7 Å². The first-order chi connectivity index (χ1) is 8.29. The Labute approximate surface area is 101 Å². The van der Waals surface area contributed by atoms with Gasteiger partial charge in [0.25, 0.3) is 0 Å². The van der Waals surface area contributed by atoms with Crippen LogP contribution in [0.1, 0.15) is 6.42 Å². The molecule has 0 aliphatic rings. The van der Waals surface area contributed by atoms with Gasteiger partial charge in [-0.2, -0.15) is 0 Å². The first-order valence-corrected chi connectivity index (χ1v) is 4.87. The van der Waals surface area contributed by atoms with Crippen molar-refractivity contribution in [2.24, 2.45) is 5.92 Å². The first kappa shape index (κ1) is 16.3. The van der Waals surface area contributed by atoms with Crippen molar-refractivity contribution in [1.82, 2.24) is 0 Å². The third kappa shape index (κ3) is 5.57. The zero-order valence-corrected chi connectivity index (χ0v) is 9.22. The summed E-state index contributed by atoms with van der Waals surface area (Å²) in [5.74, 6) is -6.38. The number of carbonyl (C=O) groups is 3. The van der Waals surface area contributed by atoms with E-state index in [2.05, 4.69) is 4.74 Å². The van der Waals surface area contributed by atoms with E-state index in [1.807, 2.05) is 0 Å². The lowest BCUT2D eigenvalue weighted by atomic mass is 9.99. The number of aliphatic hydroxyl groups excluding tert-OH is 3. The molecule has 0 heterocycles. The van der Waals surface area contributed by atoms with E-state index >= 15 is 0 Å². The second kappa shape index (κ2) is 7.58. The van der Waals surface area contributed by atoms with Gasteiger partial charge < -0.3 is 30.3 Å². The fourth-order valence-corrected chi connectivity index (χ4v) is 1.00. The van der Waals surface area contributed by atoms with Crippen molar-refractivity contribution >= 4 is 17.9 Å². The Morgan fingerprint density at radius 3 is 2.06 bits per heavy atom. The van der Waals surface area contributed by atoms with Gasteiger partial charge in [-0.05, 0) is 0 Å². The number of aliphatic carboxylic acids is 2. The molecular formula is C9H14O9. The molecule has 18 heavy (non-hydrogen) atoms. The summed E-state index contributed by atoms with van der Waals surface area (Å²) in [7, 11) is 0. The summed E-state index contributed by atoms with van der Waals surface area (Å²) in [5, 5.41) is 43.7. The van der Waals surface area contributed by atoms with Gasteiger partial charge >= 0.3 is 17.9 Å². The maximum Gasteiger partial charge on any atom is 0.335 e. The van der Waals surface area contributed by atoms with Gasteiger partial charge in [0, 0.05) is 0 Å². The zero-order valence-electron chi connectivity index (χ0n) is 9.22. The predicted octanol–water partition coefficient (Wildman–Crippen LogP) is -2.58. The number of carboxylic acid groups (broad SMARTS) is 2. The largest absolute Gasteiger partial charge is 0.481 e. The molecule has 3 unspecified atom stereocenters. The SMILES string of the molecule is O=C(O)CC(C(=O)O)C(O)C(=O)OCC(O)CO. The average molecular weight is 266 g/mol. The second-order valence-corrected chi connectivity index (χ2v) is 3.45. The monoisotopic (exact) mass is 266 g/mol. The number of esters is 1. The van der Waals surface area contributed by atoms with Crippen LogP contribution in [-0.4, -0.2) is 68.9 Å². The Bertz CT molecular complexity index is 313.